The van der Waals surface area contributed by atoms with Crippen molar-refractivity contribution in [3.63, 3.8) is 0 Å². The molecule has 102 valence electrons. The van der Waals surface area contributed by atoms with Crippen LogP contribution in [-0.4, -0.2) is 38.2 Å². The summed E-state index contributed by atoms with van der Waals surface area (Å²) in [5.41, 5.74) is 0.888. The molecule has 0 bridgehead atoms. The molecule has 2 aromatic rings. The first kappa shape index (κ1) is 13.5. The molecule has 0 saturated carbocycles. The number of rotatable bonds is 5. The van der Waals surface area contributed by atoms with Gasteiger partial charge >= 0.3 is 6.01 Å². The monoisotopic (exact) mass is 282 g/mol. The summed E-state index contributed by atoms with van der Waals surface area (Å²) < 4.78 is 5.44. The molecule has 0 spiro atoms. The Morgan fingerprint density at radius 2 is 2.00 bits per heavy atom. The van der Waals surface area contributed by atoms with E-state index in [4.69, 9.17) is 16.3 Å². The van der Waals surface area contributed by atoms with Gasteiger partial charge < -0.3 is 9.64 Å². The smallest absolute Gasteiger partial charge is 0.329 e. The predicted molar refractivity (Wildman–Crippen MR) is 71.8 cm³/mol. The number of hydrogen-bond donors (Lipinski definition) is 1. The van der Waals surface area contributed by atoms with Crippen LogP contribution in [0.4, 0.5) is 5.95 Å². The summed E-state index contributed by atoms with van der Waals surface area (Å²) in [6.07, 6.45) is 0. The Hall–Kier alpha value is -1.89. The van der Waals surface area contributed by atoms with Crippen LogP contribution in [0.3, 0.4) is 0 Å². The quantitative estimate of drug-likeness (QED) is 0.905. The molecule has 1 N–H and O–H groups in total. The van der Waals surface area contributed by atoms with Gasteiger partial charge in [0.05, 0.1) is 0 Å². The lowest BCUT2D eigenvalue weighted by Crippen LogP contribution is -2.24. The number of hydrogen-bond acceptors (Lipinski definition) is 6. The largest absolute Gasteiger partial charge is 0.403 e. The lowest BCUT2D eigenvalue weighted by molar-refractivity contribution is 0.421. The fraction of sp³-hybridized carbons (Fsp3) is 0.455. The first-order valence-corrected chi connectivity index (χ1v) is 6.36. The van der Waals surface area contributed by atoms with Gasteiger partial charge in [0.25, 0.3) is 0 Å². The normalized spacial score (nSPS) is 10.5. The molecule has 19 heavy (non-hydrogen) atoms. The summed E-state index contributed by atoms with van der Waals surface area (Å²) in [5, 5.41) is 6.82. The average molecular weight is 283 g/mol. The lowest BCUT2D eigenvalue weighted by atomic mass is 10.5. The zero-order chi connectivity index (χ0) is 13.8. The minimum absolute atomic E-state index is 0.0964. The van der Waals surface area contributed by atoms with Gasteiger partial charge in [-0.3, -0.25) is 5.10 Å². The fourth-order valence-corrected chi connectivity index (χ4v) is 1.70. The second kappa shape index (κ2) is 5.83. The maximum atomic E-state index is 5.88. The number of nitrogens with zero attached hydrogens (tertiary/aromatic N) is 5. The minimum atomic E-state index is 0.0964. The van der Waals surface area contributed by atoms with E-state index in [0.717, 1.165) is 18.8 Å². The second-order valence-corrected chi connectivity index (χ2v) is 4.19. The highest BCUT2D eigenvalue weighted by molar-refractivity contribution is 6.28. The van der Waals surface area contributed by atoms with E-state index < -0.39 is 0 Å². The molecule has 0 aliphatic heterocycles. The van der Waals surface area contributed by atoms with Crippen LogP contribution in [0.15, 0.2) is 6.07 Å². The predicted octanol–water partition coefficient (Wildman–Crippen LogP) is 2.20. The van der Waals surface area contributed by atoms with Gasteiger partial charge in [-0.25, -0.2) is 0 Å². The van der Waals surface area contributed by atoms with Gasteiger partial charge in [-0.1, -0.05) is 0 Å². The van der Waals surface area contributed by atoms with Crippen molar-refractivity contribution >= 4 is 17.5 Å². The van der Waals surface area contributed by atoms with E-state index >= 15 is 0 Å². The molecule has 2 heterocycles. The molecule has 0 radical (unpaired) electrons. The molecule has 2 rings (SSSR count). The third-order valence-electron chi connectivity index (χ3n) is 2.50. The minimum Gasteiger partial charge on any atom is -0.403 e. The molecule has 7 nitrogen and oxygen atoms in total. The van der Waals surface area contributed by atoms with Crippen molar-refractivity contribution in [2.75, 3.05) is 18.0 Å². The standard InChI is InChI=1S/C11H15ClN6O/c1-4-18(5-2)10-13-9(12)14-11(15-10)19-8-6-7(3)16-17-8/h6H,4-5H2,1-3H3,(H,16,17). The topological polar surface area (TPSA) is 79.8 Å². The van der Waals surface area contributed by atoms with Gasteiger partial charge in [0.1, 0.15) is 0 Å². The Kier molecular flexibility index (Phi) is 4.16. The Balaban J connectivity index is 2.25. The van der Waals surface area contributed by atoms with Crippen LogP contribution in [0.25, 0.3) is 0 Å². The third kappa shape index (κ3) is 3.31. The first-order valence-electron chi connectivity index (χ1n) is 5.98. The van der Waals surface area contributed by atoms with Crippen LogP contribution >= 0.6 is 11.6 Å². The lowest BCUT2D eigenvalue weighted by Gasteiger charge is -2.18. The number of aromatic nitrogens is 5. The maximum absolute atomic E-state index is 5.88. The van der Waals surface area contributed by atoms with Crippen molar-refractivity contribution in [3.05, 3.63) is 17.0 Å². The van der Waals surface area contributed by atoms with Crippen molar-refractivity contribution in [3.8, 4) is 11.9 Å². The number of aryl methyl sites for hydroxylation is 1. The van der Waals surface area contributed by atoms with E-state index in [-0.39, 0.29) is 11.3 Å². The van der Waals surface area contributed by atoms with Crippen LogP contribution in [0.5, 0.6) is 11.9 Å². The highest BCUT2D eigenvalue weighted by Gasteiger charge is 2.12. The average Bonchev–Trinajstić information content (AvgIpc) is 2.75. The summed E-state index contributed by atoms with van der Waals surface area (Å²) in [6.45, 7) is 7.45. The van der Waals surface area contributed by atoms with E-state index in [9.17, 15) is 0 Å². The van der Waals surface area contributed by atoms with Crippen molar-refractivity contribution < 1.29 is 4.74 Å². The van der Waals surface area contributed by atoms with E-state index in [1.54, 1.807) is 6.07 Å². The molecule has 0 aromatic carbocycles. The zero-order valence-electron chi connectivity index (χ0n) is 11.0. The number of ether oxygens (including phenoxy) is 1. The number of nitrogens with one attached hydrogen (secondary N) is 1. The number of aromatic amines is 1. The van der Waals surface area contributed by atoms with E-state index in [1.165, 1.54) is 0 Å². The van der Waals surface area contributed by atoms with Crippen molar-refractivity contribution in [1.82, 2.24) is 25.1 Å². The molecule has 0 aliphatic carbocycles. The van der Waals surface area contributed by atoms with Crippen molar-refractivity contribution in [2.45, 2.75) is 20.8 Å². The molecule has 0 saturated heterocycles. The number of anilines is 1. The van der Waals surface area contributed by atoms with Crippen LogP contribution in [0, 0.1) is 6.92 Å². The molecule has 8 heteroatoms. The second-order valence-electron chi connectivity index (χ2n) is 3.85. The van der Waals surface area contributed by atoms with Crippen molar-refractivity contribution in [1.29, 1.82) is 0 Å². The Labute approximate surface area is 116 Å². The van der Waals surface area contributed by atoms with Gasteiger partial charge in [0, 0.05) is 24.8 Å². The van der Waals surface area contributed by atoms with Crippen LogP contribution in [0.1, 0.15) is 19.5 Å². The maximum Gasteiger partial charge on any atom is 0.329 e. The van der Waals surface area contributed by atoms with Crippen LogP contribution in [-0.2, 0) is 0 Å². The highest BCUT2D eigenvalue weighted by atomic mass is 35.5. The Bertz CT molecular complexity index is 554. The van der Waals surface area contributed by atoms with Gasteiger partial charge in [0.2, 0.25) is 17.1 Å². The molecule has 0 fully saturated rings. The Morgan fingerprint density at radius 3 is 2.58 bits per heavy atom. The third-order valence-corrected chi connectivity index (χ3v) is 2.67. The van der Waals surface area contributed by atoms with Gasteiger partial charge in [0.15, 0.2) is 0 Å². The summed E-state index contributed by atoms with van der Waals surface area (Å²) in [4.78, 5) is 14.2. The summed E-state index contributed by atoms with van der Waals surface area (Å²) in [7, 11) is 0. The molecule has 0 atom stereocenters. The molecular formula is C11H15ClN6O. The van der Waals surface area contributed by atoms with E-state index in [0.29, 0.717) is 11.8 Å². The molecular weight excluding hydrogens is 268 g/mol. The van der Waals surface area contributed by atoms with Crippen LogP contribution in [0.2, 0.25) is 5.28 Å². The molecule has 0 amide bonds. The van der Waals surface area contributed by atoms with E-state index in [2.05, 4.69) is 25.1 Å². The number of H-pyrrole nitrogens is 1. The Morgan fingerprint density at radius 1 is 1.26 bits per heavy atom. The van der Waals surface area contributed by atoms with E-state index in [1.807, 2.05) is 25.7 Å². The summed E-state index contributed by atoms with van der Waals surface area (Å²) in [6, 6.07) is 1.88. The summed E-state index contributed by atoms with van der Waals surface area (Å²) in [5.74, 6) is 0.887. The molecule has 2 aromatic heterocycles. The van der Waals surface area contributed by atoms with Gasteiger partial charge in [-0.05, 0) is 32.4 Å². The fourth-order valence-electron chi connectivity index (χ4n) is 1.55. The highest BCUT2D eigenvalue weighted by Crippen LogP contribution is 2.19. The first-order chi connectivity index (χ1) is 9.12. The van der Waals surface area contributed by atoms with Crippen molar-refractivity contribution in [2.24, 2.45) is 0 Å². The number of halogens is 1. The zero-order valence-corrected chi connectivity index (χ0v) is 11.8. The van der Waals surface area contributed by atoms with Crippen LogP contribution < -0.4 is 9.64 Å². The SMILES string of the molecule is CCN(CC)c1nc(Cl)nc(Oc2cc(C)[nH]n2)n1. The van der Waals surface area contributed by atoms with Gasteiger partial charge in [-0.15, -0.1) is 5.10 Å². The molecule has 0 aliphatic rings. The molecule has 0 unspecified atom stereocenters. The summed E-state index contributed by atoms with van der Waals surface area (Å²) >= 11 is 5.88. The van der Waals surface area contributed by atoms with Gasteiger partial charge in [-0.2, -0.15) is 15.0 Å².